The third-order valence-electron chi connectivity index (χ3n) is 7.68. The first-order valence-electron chi connectivity index (χ1n) is 13.2. The molecule has 10 nitrogen and oxygen atoms in total. The highest BCUT2D eigenvalue weighted by molar-refractivity contribution is 6.31. The molecule has 2 heterocycles. The van der Waals surface area contributed by atoms with Gasteiger partial charge >= 0.3 is 5.97 Å². The SMILES string of the molecule is Cc1cnn(C[C@@H]2c3c(OC/C(N)=C(\C(F)F)N(C)N)ccc(Cl)c3CCN2C(=O)[C@@H]2CCCC[C@@H]2C(=O)O)c1. The minimum absolute atomic E-state index is 0.235. The third kappa shape index (κ3) is 6.17. The van der Waals surface area contributed by atoms with Crippen LogP contribution in [0, 0.1) is 18.8 Å². The maximum absolute atomic E-state index is 14.0. The van der Waals surface area contributed by atoms with Gasteiger partial charge in [-0.15, -0.1) is 0 Å². The van der Waals surface area contributed by atoms with Crippen molar-refractivity contribution in [2.75, 3.05) is 20.2 Å². The van der Waals surface area contributed by atoms with Gasteiger partial charge in [-0.05, 0) is 49.4 Å². The highest BCUT2D eigenvalue weighted by Crippen LogP contribution is 2.43. The van der Waals surface area contributed by atoms with E-state index in [1.54, 1.807) is 27.9 Å². The number of carboxylic acids is 1. The Morgan fingerprint density at radius 2 is 1.98 bits per heavy atom. The van der Waals surface area contributed by atoms with E-state index in [0.717, 1.165) is 29.0 Å². The van der Waals surface area contributed by atoms with Crippen LogP contribution in [0.3, 0.4) is 0 Å². The van der Waals surface area contributed by atoms with Gasteiger partial charge in [-0.2, -0.15) is 5.10 Å². The number of aromatic nitrogens is 2. The topological polar surface area (TPSA) is 140 Å². The van der Waals surface area contributed by atoms with Crippen LogP contribution in [0.1, 0.15) is 48.4 Å². The van der Waals surface area contributed by atoms with Gasteiger partial charge in [0.25, 0.3) is 6.43 Å². The number of carboxylic acid groups (broad SMARTS) is 1. The normalized spacial score (nSPS) is 21.6. The molecule has 0 radical (unpaired) electrons. The molecule has 40 heavy (non-hydrogen) atoms. The summed E-state index contributed by atoms with van der Waals surface area (Å²) < 4.78 is 34.8. The second-order valence-corrected chi connectivity index (χ2v) is 10.8. The number of nitrogens with two attached hydrogens (primary N) is 2. The van der Waals surface area contributed by atoms with E-state index in [-0.39, 0.29) is 24.8 Å². The van der Waals surface area contributed by atoms with Crippen molar-refractivity contribution in [3.63, 3.8) is 0 Å². The second kappa shape index (κ2) is 12.4. The summed E-state index contributed by atoms with van der Waals surface area (Å²) in [7, 11) is 1.26. The number of alkyl halides is 2. The maximum Gasteiger partial charge on any atom is 0.307 e. The van der Waals surface area contributed by atoms with E-state index in [9.17, 15) is 23.5 Å². The Morgan fingerprint density at radius 3 is 2.58 bits per heavy atom. The average Bonchev–Trinajstić information content (AvgIpc) is 3.32. The number of rotatable bonds is 9. The molecule has 1 amide bonds. The predicted octanol–water partition coefficient (Wildman–Crippen LogP) is 3.48. The van der Waals surface area contributed by atoms with Gasteiger partial charge in [0.2, 0.25) is 5.91 Å². The van der Waals surface area contributed by atoms with E-state index >= 15 is 0 Å². The zero-order valence-corrected chi connectivity index (χ0v) is 23.3. The largest absolute Gasteiger partial charge is 0.487 e. The number of ether oxygens (including phenoxy) is 1. The van der Waals surface area contributed by atoms with E-state index < -0.39 is 36.0 Å². The molecular weight excluding hydrogens is 546 g/mol. The fourth-order valence-corrected chi connectivity index (χ4v) is 6.05. The Labute approximate surface area is 236 Å². The van der Waals surface area contributed by atoms with E-state index in [1.807, 2.05) is 13.1 Å². The molecule has 0 spiro atoms. The summed E-state index contributed by atoms with van der Waals surface area (Å²) >= 11 is 6.61. The van der Waals surface area contributed by atoms with Crippen LogP contribution < -0.4 is 16.3 Å². The minimum atomic E-state index is -2.90. The fraction of sp³-hybridized carbons (Fsp3) is 0.519. The molecule has 1 saturated carbocycles. The minimum Gasteiger partial charge on any atom is -0.487 e. The lowest BCUT2D eigenvalue weighted by Crippen LogP contribution is -2.48. The van der Waals surface area contributed by atoms with Crippen molar-refractivity contribution in [2.45, 2.75) is 58.0 Å². The number of halogens is 3. The van der Waals surface area contributed by atoms with E-state index in [0.29, 0.717) is 42.1 Å². The number of aliphatic carboxylic acids is 1. The van der Waals surface area contributed by atoms with Crippen molar-refractivity contribution in [1.82, 2.24) is 19.7 Å². The maximum atomic E-state index is 14.0. The summed E-state index contributed by atoms with van der Waals surface area (Å²) in [6.45, 7) is 2.11. The number of allylic oxidation sites excluding steroid dienone is 1. The van der Waals surface area contributed by atoms with Gasteiger partial charge in [-0.3, -0.25) is 14.3 Å². The van der Waals surface area contributed by atoms with Crippen molar-refractivity contribution in [1.29, 1.82) is 0 Å². The van der Waals surface area contributed by atoms with E-state index in [2.05, 4.69) is 5.10 Å². The Morgan fingerprint density at radius 1 is 1.27 bits per heavy atom. The molecule has 1 aromatic heterocycles. The first-order chi connectivity index (χ1) is 19.0. The molecule has 3 atom stereocenters. The van der Waals surface area contributed by atoms with Gasteiger partial charge in [-0.25, -0.2) is 14.6 Å². The molecule has 1 aliphatic heterocycles. The van der Waals surface area contributed by atoms with Crippen LogP contribution >= 0.6 is 11.6 Å². The number of amides is 1. The number of benzene rings is 1. The van der Waals surface area contributed by atoms with Crippen LogP contribution in [0.25, 0.3) is 0 Å². The van der Waals surface area contributed by atoms with E-state index in [1.165, 1.54) is 7.05 Å². The lowest BCUT2D eigenvalue weighted by Gasteiger charge is -2.41. The predicted molar refractivity (Wildman–Crippen MR) is 144 cm³/mol. The summed E-state index contributed by atoms with van der Waals surface area (Å²) in [5.74, 6) is 3.28. The molecule has 1 aromatic carbocycles. The molecular formula is C27H35ClF2N6O4. The summed E-state index contributed by atoms with van der Waals surface area (Å²) in [4.78, 5) is 27.7. The standard InChI is InChI=1S/C27H35ClF2N6O4/c1-15-11-33-35(12-15)13-21-23-18(9-10-36(21)26(37)16-5-3-4-6-17(16)27(38)39)19(28)7-8-22(23)40-14-20(31)24(25(29)30)34(2)32/h7-8,11-12,16-17,21,25H,3-6,9-10,13-14,31-32H2,1-2H3,(H,38,39)/b24-20-/t16-,17+,21-/m1/s1. The lowest BCUT2D eigenvalue weighted by molar-refractivity contribution is -0.153. The van der Waals surface area contributed by atoms with Gasteiger partial charge < -0.3 is 25.5 Å². The number of hydrazine groups is 1. The highest BCUT2D eigenvalue weighted by atomic mass is 35.5. The molecule has 218 valence electrons. The first kappa shape index (κ1) is 29.6. The summed E-state index contributed by atoms with van der Waals surface area (Å²) in [5.41, 5.74) is 7.47. The number of hydrogen-bond acceptors (Lipinski definition) is 7. The van der Waals surface area contributed by atoms with Crippen LogP contribution in [-0.4, -0.2) is 63.3 Å². The second-order valence-electron chi connectivity index (χ2n) is 10.4. The van der Waals surface area contributed by atoms with Crippen LogP contribution in [0.5, 0.6) is 5.75 Å². The summed E-state index contributed by atoms with van der Waals surface area (Å²) in [5, 5.41) is 15.5. The number of hydrogen-bond donors (Lipinski definition) is 3. The Kier molecular flexibility index (Phi) is 9.19. The molecule has 0 unspecified atom stereocenters. The molecule has 4 rings (SSSR count). The zero-order valence-electron chi connectivity index (χ0n) is 22.5. The number of fused-ring (bicyclic) bond motifs is 1. The quantitative estimate of drug-likeness (QED) is 0.302. The Bertz CT molecular complexity index is 1270. The lowest BCUT2D eigenvalue weighted by atomic mass is 9.77. The molecule has 1 fully saturated rings. The van der Waals surface area contributed by atoms with Crippen LogP contribution in [0.4, 0.5) is 8.78 Å². The van der Waals surface area contributed by atoms with Gasteiger partial charge in [-0.1, -0.05) is 24.4 Å². The van der Waals surface area contributed by atoms with Crippen molar-refractivity contribution < 1.29 is 28.2 Å². The monoisotopic (exact) mass is 580 g/mol. The van der Waals surface area contributed by atoms with Crippen LogP contribution in [-0.2, 0) is 22.6 Å². The highest BCUT2D eigenvalue weighted by Gasteiger charge is 2.42. The van der Waals surface area contributed by atoms with Crippen LogP contribution in [0.15, 0.2) is 35.9 Å². The van der Waals surface area contributed by atoms with Crippen molar-refractivity contribution in [3.8, 4) is 5.75 Å². The molecule has 0 bridgehead atoms. The van der Waals surface area contributed by atoms with Crippen LogP contribution in [0.2, 0.25) is 5.02 Å². The molecule has 2 aliphatic rings. The number of nitrogens with zero attached hydrogens (tertiary/aromatic N) is 4. The molecule has 1 aliphatic carbocycles. The Balaban J connectivity index is 1.75. The van der Waals surface area contributed by atoms with Gasteiger partial charge in [0.05, 0.1) is 36.3 Å². The summed E-state index contributed by atoms with van der Waals surface area (Å²) in [6.07, 6.45) is 3.54. The Hall–Kier alpha value is -3.38. The van der Waals surface area contributed by atoms with Gasteiger partial charge in [0.1, 0.15) is 18.1 Å². The van der Waals surface area contributed by atoms with Gasteiger partial charge in [0, 0.05) is 30.4 Å². The summed E-state index contributed by atoms with van der Waals surface area (Å²) in [6, 6.07) is 2.68. The molecule has 5 N–H and O–H groups in total. The fourth-order valence-electron chi connectivity index (χ4n) is 5.79. The number of carbonyl (C=O) groups excluding carboxylic acids is 1. The molecule has 13 heteroatoms. The number of aryl methyl sites for hydroxylation is 1. The first-order valence-corrected chi connectivity index (χ1v) is 13.6. The number of carbonyl (C=O) groups is 2. The molecule has 2 aromatic rings. The average molecular weight is 581 g/mol. The van der Waals surface area contributed by atoms with Gasteiger partial charge in [0.15, 0.2) is 0 Å². The molecule has 0 saturated heterocycles. The van der Waals surface area contributed by atoms with Crippen molar-refractivity contribution >= 4 is 23.5 Å². The smallest absolute Gasteiger partial charge is 0.307 e. The zero-order chi connectivity index (χ0) is 29.1. The third-order valence-corrected chi connectivity index (χ3v) is 8.03. The van der Waals surface area contributed by atoms with E-state index in [4.69, 9.17) is 27.9 Å². The van der Waals surface area contributed by atoms with Crippen molar-refractivity contribution in [2.24, 2.45) is 23.4 Å². The van der Waals surface area contributed by atoms with Crippen molar-refractivity contribution in [3.05, 3.63) is 57.6 Å².